The zero-order chi connectivity index (χ0) is 9.84. The Morgan fingerprint density at radius 3 is 2.77 bits per heavy atom. The van der Waals surface area contributed by atoms with Crippen molar-refractivity contribution in [3.05, 3.63) is 28.5 Å². The SMILES string of the molecule is COC(=O)c1cc[nH]c(=S(=O)=O)c1. The smallest absolute Gasteiger partial charge is 0.338 e. The molecule has 0 unspecified atom stereocenters. The second-order valence-corrected chi connectivity index (χ2v) is 3.08. The summed E-state index contributed by atoms with van der Waals surface area (Å²) < 4.78 is 25.3. The number of hydrogen-bond acceptors (Lipinski definition) is 4. The molecule has 0 saturated heterocycles. The Labute approximate surface area is 75.5 Å². The second kappa shape index (κ2) is 3.90. The van der Waals surface area contributed by atoms with Gasteiger partial charge >= 0.3 is 5.97 Å². The first kappa shape index (κ1) is 9.53. The van der Waals surface area contributed by atoms with Gasteiger partial charge in [-0.15, -0.1) is 0 Å². The molecule has 0 saturated carbocycles. The fourth-order valence-corrected chi connectivity index (χ4v) is 1.17. The molecule has 6 heteroatoms. The lowest BCUT2D eigenvalue weighted by Crippen LogP contribution is -2.01. The highest BCUT2D eigenvalue weighted by Gasteiger charge is 2.03. The molecule has 1 aromatic heterocycles. The van der Waals surface area contributed by atoms with Gasteiger partial charge in [0.15, 0.2) is 4.64 Å². The fourth-order valence-electron chi connectivity index (χ4n) is 0.786. The minimum Gasteiger partial charge on any atom is -0.465 e. The summed E-state index contributed by atoms with van der Waals surface area (Å²) in [5, 5.41) is 0. The van der Waals surface area contributed by atoms with Crippen LogP contribution in [0.4, 0.5) is 0 Å². The monoisotopic (exact) mass is 201 g/mol. The van der Waals surface area contributed by atoms with Gasteiger partial charge in [-0.25, -0.2) is 4.79 Å². The molecule has 0 aliphatic heterocycles. The van der Waals surface area contributed by atoms with E-state index in [1.54, 1.807) is 0 Å². The molecule has 0 spiro atoms. The van der Waals surface area contributed by atoms with Crippen LogP contribution in [-0.4, -0.2) is 26.5 Å². The van der Waals surface area contributed by atoms with Gasteiger partial charge in [-0.1, -0.05) is 0 Å². The fraction of sp³-hybridized carbons (Fsp3) is 0.143. The number of carbonyl (C=O) groups excluding carboxylic acids is 1. The molecular formula is C7H7NO4S. The van der Waals surface area contributed by atoms with Crippen LogP contribution in [0.15, 0.2) is 18.3 Å². The molecule has 0 amide bonds. The van der Waals surface area contributed by atoms with Crippen molar-refractivity contribution in [3.63, 3.8) is 0 Å². The van der Waals surface area contributed by atoms with Crippen LogP contribution in [0.3, 0.4) is 0 Å². The van der Waals surface area contributed by atoms with Crippen LogP contribution in [0.2, 0.25) is 0 Å². The second-order valence-electron chi connectivity index (χ2n) is 2.17. The predicted octanol–water partition coefficient (Wildman–Crippen LogP) is 0.212. The van der Waals surface area contributed by atoms with E-state index in [-0.39, 0.29) is 10.2 Å². The molecule has 0 bridgehead atoms. The molecule has 13 heavy (non-hydrogen) atoms. The van der Waals surface area contributed by atoms with Crippen LogP contribution in [-0.2, 0) is 15.0 Å². The number of aromatic amines is 1. The van der Waals surface area contributed by atoms with E-state index >= 15 is 0 Å². The quantitative estimate of drug-likeness (QED) is 0.520. The van der Waals surface area contributed by atoms with E-state index < -0.39 is 16.3 Å². The van der Waals surface area contributed by atoms with Gasteiger partial charge in [0.1, 0.15) is 0 Å². The highest BCUT2D eigenvalue weighted by molar-refractivity contribution is 7.63. The molecule has 5 nitrogen and oxygen atoms in total. The Morgan fingerprint density at radius 2 is 2.23 bits per heavy atom. The summed E-state index contributed by atoms with van der Waals surface area (Å²) in [7, 11) is -1.14. The van der Waals surface area contributed by atoms with Crippen LogP contribution in [0.25, 0.3) is 0 Å². The predicted molar refractivity (Wildman–Crippen MR) is 44.3 cm³/mol. The van der Waals surface area contributed by atoms with Crippen molar-refractivity contribution >= 4 is 16.3 Å². The Bertz CT molecular complexity index is 477. The summed E-state index contributed by atoms with van der Waals surface area (Å²) in [5.41, 5.74) is 0.195. The van der Waals surface area contributed by atoms with Crippen LogP contribution < -0.4 is 0 Å². The summed E-state index contributed by atoms with van der Waals surface area (Å²) >= 11 is 0. The first-order chi connectivity index (χ1) is 6.15. The first-order valence-corrected chi connectivity index (χ1v) is 4.42. The van der Waals surface area contributed by atoms with E-state index in [9.17, 15) is 13.2 Å². The summed E-state index contributed by atoms with van der Waals surface area (Å²) in [6.45, 7) is 0. The highest BCUT2D eigenvalue weighted by Crippen LogP contribution is 1.98. The van der Waals surface area contributed by atoms with Gasteiger partial charge in [0.05, 0.1) is 12.7 Å². The zero-order valence-electron chi connectivity index (χ0n) is 6.77. The van der Waals surface area contributed by atoms with Gasteiger partial charge in [-0.05, 0) is 12.1 Å². The van der Waals surface area contributed by atoms with Gasteiger partial charge in [-0.3, -0.25) is 0 Å². The topological polar surface area (TPSA) is 76.2 Å². The third kappa shape index (κ3) is 2.19. The Hall–Kier alpha value is -1.56. The lowest BCUT2D eigenvalue weighted by atomic mass is 10.3. The van der Waals surface area contributed by atoms with Gasteiger partial charge in [0.25, 0.3) is 0 Å². The number of H-pyrrole nitrogens is 1. The molecule has 0 aliphatic rings. The number of aromatic nitrogens is 1. The van der Waals surface area contributed by atoms with Crippen LogP contribution >= 0.6 is 0 Å². The molecule has 0 atom stereocenters. The van der Waals surface area contributed by atoms with E-state index in [2.05, 4.69) is 9.72 Å². The minimum absolute atomic E-state index is 0.0529. The third-order valence-corrected chi connectivity index (χ3v) is 1.97. The summed E-state index contributed by atoms with van der Waals surface area (Å²) in [4.78, 5) is 13.4. The zero-order valence-corrected chi connectivity index (χ0v) is 7.59. The minimum atomic E-state index is -2.37. The van der Waals surface area contributed by atoms with Crippen molar-refractivity contribution in [1.29, 1.82) is 0 Å². The highest BCUT2D eigenvalue weighted by atomic mass is 32.2. The van der Waals surface area contributed by atoms with E-state index in [4.69, 9.17) is 0 Å². The molecule has 0 fully saturated rings. The van der Waals surface area contributed by atoms with Crippen molar-refractivity contribution in [2.45, 2.75) is 0 Å². The first-order valence-electron chi connectivity index (χ1n) is 3.34. The average molecular weight is 201 g/mol. The summed E-state index contributed by atoms with van der Waals surface area (Å²) in [6, 6.07) is 2.64. The number of pyridine rings is 1. The summed E-state index contributed by atoms with van der Waals surface area (Å²) in [5.74, 6) is -0.569. The molecule has 0 aliphatic carbocycles. The lowest BCUT2D eigenvalue weighted by Gasteiger charge is -1.96. The molecule has 1 aromatic rings. The number of rotatable bonds is 1. The van der Waals surface area contributed by atoms with Gasteiger partial charge in [0, 0.05) is 6.20 Å². The molecule has 70 valence electrons. The van der Waals surface area contributed by atoms with E-state index in [1.165, 1.54) is 25.4 Å². The van der Waals surface area contributed by atoms with Crippen molar-refractivity contribution in [2.75, 3.05) is 7.11 Å². The summed E-state index contributed by atoms with van der Waals surface area (Å²) in [6.07, 6.45) is 1.36. The van der Waals surface area contributed by atoms with Gasteiger partial charge in [-0.2, -0.15) is 8.42 Å². The van der Waals surface area contributed by atoms with Crippen molar-refractivity contribution in [1.82, 2.24) is 4.98 Å². The number of carbonyl (C=O) groups is 1. The molecule has 1 N–H and O–H groups in total. The van der Waals surface area contributed by atoms with Crippen LogP contribution in [0.5, 0.6) is 0 Å². The molecule has 1 rings (SSSR count). The largest absolute Gasteiger partial charge is 0.465 e. The number of esters is 1. The Kier molecular flexibility index (Phi) is 2.86. The molecular weight excluding hydrogens is 194 g/mol. The van der Waals surface area contributed by atoms with Crippen LogP contribution in [0.1, 0.15) is 10.4 Å². The van der Waals surface area contributed by atoms with E-state index in [0.717, 1.165) is 0 Å². The maximum atomic E-state index is 11.0. The number of ether oxygens (including phenoxy) is 1. The Balaban J connectivity index is 3.38. The molecule has 1 heterocycles. The standard InChI is InChI=1S/C7H7NO4S/c1-12-7(9)5-2-3-8-6(4-5)13(10)11/h2-4,8H,1H3. The van der Waals surface area contributed by atoms with Gasteiger partial charge < -0.3 is 9.72 Å². The Morgan fingerprint density at radius 1 is 1.54 bits per heavy atom. The normalized spacial score (nSPS) is 9.31. The molecule has 0 aromatic carbocycles. The maximum Gasteiger partial charge on any atom is 0.338 e. The number of hydrogen-bond donors (Lipinski definition) is 1. The lowest BCUT2D eigenvalue weighted by molar-refractivity contribution is 0.0600. The maximum absolute atomic E-state index is 11.0. The molecule has 0 radical (unpaired) electrons. The van der Waals surface area contributed by atoms with Gasteiger partial charge in [0.2, 0.25) is 10.3 Å². The van der Waals surface area contributed by atoms with Crippen molar-refractivity contribution < 1.29 is 17.9 Å². The average Bonchev–Trinajstić information content (AvgIpc) is 2.17. The van der Waals surface area contributed by atoms with Crippen molar-refractivity contribution in [3.8, 4) is 0 Å². The number of nitrogens with one attached hydrogen (secondary N) is 1. The van der Waals surface area contributed by atoms with Crippen LogP contribution in [0, 0.1) is 4.64 Å². The number of methoxy groups -OCH3 is 1. The van der Waals surface area contributed by atoms with E-state index in [0.29, 0.717) is 0 Å². The van der Waals surface area contributed by atoms with Crippen molar-refractivity contribution in [2.24, 2.45) is 0 Å². The van der Waals surface area contributed by atoms with E-state index in [1.807, 2.05) is 0 Å². The third-order valence-electron chi connectivity index (χ3n) is 1.38.